The van der Waals surface area contributed by atoms with Crippen LogP contribution in [-0.2, 0) is 4.79 Å². The van der Waals surface area contributed by atoms with Gasteiger partial charge in [0.25, 0.3) is 5.91 Å². The number of nitriles is 1. The van der Waals surface area contributed by atoms with Gasteiger partial charge < -0.3 is 14.7 Å². The molecule has 0 radical (unpaired) electrons. The van der Waals surface area contributed by atoms with Crippen molar-refractivity contribution in [2.24, 2.45) is 0 Å². The van der Waals surface area contributed by atoms with Crippen molar-refractivity contribution in [3.63, 3.8) is 0 Å². The van der Waals surface area contributed by atoms with Crippen LogP contribution in [0.3, 0.4) is 0 Å². The van der Waals surface area contributed by atoms with Crippen LogP contribution in [0.2, 0.25) is 0 Å². The first-order valence-corrected chi connectivity index (χ1v) is 8.05. The van der Waals surface area contributed by atoms with Crippen LogP contribution in [0.15, 0.2) is 42.5 Å². The predicted octanol–water partition coefficient (Wildman–Crippen LogP) is 3.29. The molecule has 0 spiro atoms. The molecule has 0 saturated heterocycles. The summed E-state index contributed by atoms with van der Waals surface area (Å²) in [6.45, 7) is 4.18. The molecule has 0 bridgehead atoms. The van der Waals surface area contributed by atoms with E-state index in [1.54, 1.807) is 24.3 Å². The minimum absolute atomic E-state index is 0.184. The third kappa shape index (κ3) is 4.37. The molecule has 25 heavy (non-hydrogen) atoms. The number of benzene rings is 2. The Morgan fingerprint density at radius 1 is 1.24 bits per heavy atom. The number of methoxy groups -OCH3 is 1. The van der Waals surface area contributed by atoms with Crippen molar-refractivity contribution in [3.05, 3.63) is 59.2 Å². The van der Waals surface area contributed by atoms with E-state index in [0.717, 1.165) is 11.1 Å². The van der Waals surface area contributed by atoms with Gasteiger partial charge in [-0.1, -0.05) is 18.2 Å². The smallest absolute Gasteiger partial charge is 0.260 e. The molecular weight excluding hydrogens is 316 g/mol. The van der Waals surface area contributed by atoms with E-state index in [9.17, 15) is 9.90 Å². The van der Waals surface area contributed by atoms with Gasteiger partial charge in [-0.15, -0.1) is 0 Å². The van der Waals surface area contributed by atoms with Crippen molar-refractivity contribution < 1.29 is 14.6 Å². The molecule has 0 heterocycles. The molecule has 0 aromatic heterocycles. The SMILES string of the molecule is COc1cccc(C(O)C(=O)N(CCC#N)c2ccc(C)c(C)c2)c1. The van der Waals surface area contributed by atoms with Crippen LogP contribution in [0.1, 0.15) is 29.2 Å². The van der Waals surface area contributed by atoms with Crippen molar-refractivity contribution >= 4 is 11.6 Å². The molecule has 1 unspecified atom stereocenters. The molecule has 0 aliphatic heterocycles. The van der Waals surface area contributed by atoms with Gasteiger partial charge in [0.2, 0.25) is 0 Å². The summed E-state index contributed by atoms with van der Waals surface area (Å²) in [4.78, 5) is 14.3. The van der Waals surface area contributed by atoms with Crippen molar-refractivity contribution in [2.45, 2.75) is 26.4 Å². The number of aryl methyl sites for hydroxylation is 2. The van der Waals surface area contributed by atoms with Crippen LogP contribution < -0.4 is 9.64 Å². The summed E-state index contributed by atoms with van der Waals surface area (Å²) >= 11 is 0. The normalized spacial score (nSPS) is 11.5. The first-order chi connectivity index (χ1) is 12.0. The molecule has 2 rings (SSSR count). The fraction of sp³-hybridized carbons (Fsp3) is 0.300. The lowest BCUT2D eigenvalue weighted by atomic mass is 10.1. The van der Waals surface area contributed by atoms with Crippen LogP contribution in [-0.4, -0.2) is 24.7 Å². The average Bonchev–Trinajstić information content (AvgIpc) is 2.64. The summed E-state index contributed by atoms with van der Waals surface area (Å²) < 4.78 is 5.14. The molecule has 0 aliphatic carbocycles. The molecule has 130 valence electrons. The highest BCUT2D eigenvalue weighted by molar-refractivity contribution is 5.97. The van der Waals surface area contributed by atoms with E-state index in [1.165, 1.54) is 12.0 Å². The van der Waals surface area contributed by atoms with Crippen LogP contribution in [0.5, 0.6) is 5.75 Å². The fourth-order valence-corrected chi connectivity index (χ4v) is 2.52. The molecule has 1 amide bonds. The standard InChI is InChI=1S/C20H22N2O3/c1-14-8-9-17(12-15(14)2)22(11-5-10-21)20(24)19(23)16-6-4-7-18(13-16)25-3/h4,6-9,12-13,19,23H,5,11H2,1-3H3. The van der Waals surface area contributed by atoms with E-state index in [1.807, 2.05) is 32.0 Å². The second kappa shape index (κ2) is 8.32. The number of amides is 1. The lowest BCUT2D eigenvalue weighted by molar-refractivity contribution is -0.126. The molecule has 5 nitrogen and oxygen atoms in total. The van der Waals surface area contributed by atoms with E-state index in [-0.39, 0.29) is 13.0 Å². The maximum atomic E-state index is 12.9. The van der Waals surface area contributed by atoms with Gasteiger partial charge in [-0.25, -0.2) is 0 Å². The van der Waals surface area contributed by atoms with E-state index in [4.69, 9.17) is 10.00 Å². The number of nitrogens with zero attached hydrogens (tertiary/aromatic N) is 2. The van der Waals surface area contributed by atoms with Gasteiger partial charge >= 0.3 is 0 Å². The summed E-state index contributed by atoms with van der Waals surface area (Å²) in [5, 5.41) is 19.4. The number of hydrogen-bond acceptors (Lipinski definition) is 4. The maximum Gasteiger partial charge on any atom is 0.260 e. The Morgan fingerprint density at radius 3 is 2.64 bits per heavy atom. The highest BCUT2D eigenvalue weighted by Crippen LogP contribution is 2.25. The second-order valence-corrected chi connectivity index (χ2v) is 5.85. The summed E-state index contributed by atoms with van der Waals surface area (Å²) in [6, 6.07) is 14.5. The molecule has 1 N–H and O–H groups in total. The van der Waals surface area contributed by atoms with Crippen molar-refractivity contribution in [1.82, 2.24) is 0 Å². The van der Waals surface area contributed by atoms with Gasteiger partial charge in [-0.05, 0) is 54.8 Å². The minimum atomic E-state index is -1.32. The lowest BCUT2D eigenvalue weighted by Crippen LogP contribution is -2.36. The van der Waals surface area contributed by atoms with Crippen molar-refractivity contribution in [1.29, 1.82) is 5.26 Å². The maximum absolute atomic E-state index is 12.9. The quantitative estimate of drug-likeness (QED) is 0.877. The number of aliphatic hydroxyl groups excluding tert-OH is 1. The topological polar surface area (TPSA) is 73.6 Å². The number of carbonyl (C=O) groups is 1. The zero-order valence-electron chi connectivity index (χ0n) is 14.7. The monoisotopic (exact) mass is 338 g/mol. The van der Waals surface area contributed by atoms with Crippen LogP contribution in [0, 0.1) is 25.2 Å². The zero-order chi connectivity index (χ0) is 18.4. The number of ether oxygens (including phenoxy) is 1. The number of rotatable bonds is 6. The molecule has 0 aliphatic rings. The largest absolute Gasteiger partial charge is 0.497 e. The molecule has 2 aromatic carbocycles. The Balaban J connectivity index is 2.34. The first-order valence-electron chi connectivity index (χ1n) is 8.05. The van der Waals surface area contributed by atoms with Gasteiger partial charge in [0.15, 0.2) is 6.10 Å². The first kappa shape index (κ1) is 18.5. The third-order valence-corrected chi connectivity index (χ3v) is 4.16. The Labute approximate surface area is 148 Å². The number of anilines is 1. The van der Waals surface area contributed by atoms with Gasteiger partial charge in [-0.3, -0.25) is 4.79 Å². The van der Waals surface area contributed by atoms with E-state index < -0.39 is 12.0 Å². The highest BCUT2D eigenvalue weighted by atomic mass is 16.5. The fourth-order valence-electron chi connectivity index (χ4n) is 2.52. The van der Waals surface area contributed by atoms with Crippen LogP contribution in [0.4, 0.5) is 5.69 Å². The summed E-state index contributed by atoms with van der Waals surface area (Å²) in [5.41, 5.74) is 3.29. The second-order valence-electron chi connectivity index (χ2n) is 5.85. The zero-order valence-corrected chi connectivity index (χ0v) is 14.7. The van der Waals surface area contributed by atoms with Gasteiger partial charge in [0.1, 0.15) is 5.75 Å². The minimum Gasteiger partial charge on any atom is -0.497 e. The van der Waals surface area contributed by atoms with Gasteiger partial charge in [0, 0.05) is 12.2 Å². The summed E-state index contributed by atoms with van der Waals surface area (Å²) in [7, 11) is 1.53. The van der Waals surface area contributed by atoms with E-state index in [2.05, 4.69) is 6.07 Å². The van der Waals surface area contributed by atoms with Crippen LogP contribution >= 0.6 is 0 Å². The van der Waals surface area contributed by atoms with E-state index >= 15 is 0 Å². The Kier molecular flexibility index (Phi) is 6.15. The van der Waals surface area contributed by atoms with Crippen LogP contribution in [0.25, 0.3) is 0 Å². The molecular formula is C20H22N2O3. The molecule has 0 saturated carbocycles. The van der Waals surface area contributed by atoms with Gasteiger partial charge in [-0.2, -0.15) is 5.26 Å². The summed E-state index contributed by atoms with van der Waals surface area (Å²) in [6.07, 6.45) is -1.14. The highest BCUT2D eigenvalue weighted by Gasteiger charge is 2.25. The summed E-state index contributed by atoms with van der Waals surface area (Å²) in [5.74, 6) is 0.103. The lowest BCUT2D eigenvalue weighted by Gasteiger charge is -2.25. The Hall–Kier alpha value is -2.84. The molecule has 1 atom stereocenters. The molecule has 2 aromatic rings. The van der Waals surface area contributed by atoms with E-state index in [0.29, 0.717) is 17.0 Å². The third-order valence-electron chi connectivity index (χ3n) is 4.16. The number of hydrogen-bond donors (Lipinski definition) is 1. The number of carbonyl (C=O) groups excluding carboxylic acids is 1. The van der Waals surface area contributed by atoms with Gasteiger partial charge in [0.05, 0.1) is 19.6 Å². The Morgan fingerprint density at radius 2 is 2.00 bits per heavy atom. The Bertz CT molecular complexity index is 796. The number of aliphatic hydroxyl groups is 1. The molecule has 5 heteroatoms. The van der Waals surface area contributed by atoms with Crippen molar-refractivity contribution in [3.8, 4) is 11.8 Å². The average molecular weight is 338 g/mol. The molecule has 0 fully saturated rings. The predicted molar refractivity (Wildman–Crippen MR) is 96.5 cm³/mol. The van der Waals surface area contributed by atoms with Crippen molar-refractivity contribution in [2.75, 3.05) is 18.6 Å².